The van der Waals surface area contributed by atoms with Gasteiger partial charge in [-0.15, -0.1) is 11.3 Å². The lowest BCUT2D eigenvalue weighted by Gasteiger charge is -2.20. The molecule has 0 fully saturated rings. The fraction of sp³-hybridized carbons (Fsp3) is 0.545. The van der Waals surface area contributed by atoms with Crippen LogP contribution in [0.3, 0.4) is 0 Å². The van der Waals surface area contributed by atoms with Crippen molar-refractivity contribution in [1.29, 1.82) is 0 Å². The van der Waals surface area contributed by atoms with Crippen LogP contribution in [0.2, 0.25) is 0 Å². The van der Waals surface area contributed by atoms with Crippen LogP contribution in [0.4, 0.5) is 0 Å². The second-order valence-corrected chi connectivity index (χ2v) is 5.43. The number of carbonyl (C=O) groups is 1. The van der Waals surface area contributed by atoms with E-state index < -0.39 is 0 Å². The Morgan fingerprint density at radius 3 is 2.88 bits per heavy atom. The number of likely N-dealkylation sites (N-methyl/N-ethyl adjacent to an activating group) is 1. The summed E-state index contributed by atoms with van der Waals surface area (Å²) in [6.07, 6.45) is 1.06. The molecule has 0 saturated heterocycles. The molecule has 0 radical (unpaired) electrons. The lowest BCUT2D eigenvalue weighted by atomic mass is 10.3. The topological polar surface area (TPSA) is 32.3 Å². The van der Waals surface area contributed by atoms with E-state index in [-0.39, 0.29) is 5.91 Å². The molecule has 5 heteroatoms. The number of hydrogen-bond acceptors (Lipinski definition) is 3. The average molecular weight is 305 g/mol. The summed E-state index contributed by atoms with van der Waals surface area (Å²) in [5, 5.41) is 4.72. The molecule has 0 unspecified atom stereocenters. The van der Waals surface area contributed by atoms with Gasteiger partial charge < -0.3 is 5.32 Å². The lowest BCUT2D eigenvalue weighted by molar-refractivity contribution is -0.121. The zero-order valence-corrected chi connectivity index (χ0v) is 12.0. The molecule has 0 aliphatic heterocycles. The first-order valence-corrected chi connectivity index (χ1v) is 6.99. The maximum Gasteiger partial charge on any atom is 0.233 e. The van der Waals surface area contributed by atoms with E-state index in [4.69, 9.17) is 0 Å². The molecular formula is C11H17BrN2OS. The molecule has 1 amide bonds. The normalized spacial score (nSPS) is 10.8. The molecule has 1 aromatic rings. The maximum absolute atomic E-state index is 11.3. The number of amides is 1. The zero-order chi connectivity index (χ0) is 12.0. The summed E-state index contributed by atoms with van der Waals surface area (Å²) in [6.45, 7) is 4.37. The van der Waals surface area contributed by atoms with Crippen LogP contribution < -0.4 is 5.32 Å². The van der Waals surface area contributed by atoms with Crippen LogP contribution in [0.5, 0.6) is 0 Å². The number of thiophene rings is 1. The first-order chi connectivity index (χ1) is 7.67. The molecule has 0 bridgehead atoms. The summed E-state index contributed by atoms with van der Waals surface area (Å²) >= 11 is 5.23. The average Bonchev–Trinajstić information content (AvgIpc) is 2.64. The quantitative estimate of drug-likeness (QED) is 0.875. The van der Waals surface area contributed by atoms with Crippen LogP contribution in [-0.2, 0) is 11.3 Å². The van der Waals surface area contributed by atoms with Crippen molar-refractivity contribution < 1.29 is 4.79 Å². The molecule has 0 saturated carbocycles. The highest BCUT2D eigenvalue weighted by Gasteiger charge is 2.11. The Morgan fingerprint density at radius 2 is 2.38 bits per heavy atom. The van der Waals surface area contributed by atoms with Crippen LogP contribution >= 0.6 is 27.3 Å². The molecule has 1 heterocycles. The summed E-state index contributed by atoms with van der Waals surface area (Å²) in [5.41, 5.74) is 0. The van der Waals surface area contributed by atoms with Gasteiger partial charge in [-0.1, -0.05) is 6.92 Å². The number of carbonyl (C=O) groups excluding carboxylic acids is 1. The van der Waals surface area contributed by atoms with Gasteiger partial charge in [0.15, 0.2) is 0 Å². The van der Waals surface area contributed by atoms with E-state index >= 15 is 0 Å². The second-order valence-electron chi connectivity index (χ2n) is 3.58. The SMILES string of the molecule is CCCN(CC(=O)NC)Cc1sccc1Br. The predicted octanol–water partition coefficient (Wildman–Crippen LogP) is 2.47. The van der Waals surface area contributed by atoms with Crippen LogP contribution in [0.15, 0.2) is 15.9 Å². The predicted molar refractivity (Wildman–Crippen MR) is 71.7 cm³/mol. The molecule has 1 N–H and O–H groups in total. The van der Waals surface area contributed by atoms with E-state index in [0.29, 0.717) is 6.54 Å². The maximum atomic E-state index is 11.3. The van der Waals surface area contributed by atoms with E-state index in [1.165, 1.54) is 4.88 Å². The Hall–Kier alpha value is -0.390. The molecular weight excluding hydrogens is 288 g/mol. The number of halogens is 1. The Bertz CT molecular complexity index is 340. The molecule has 0 aromatic carbocycles. The van der Waals surface area contributed by atoms with Gasteiger partial charge in [-0.25, -0.2) is 0 Å². The van der Waals surface area contributed by atoms with Crippen molar-refractivity contribution in [2.75, 3.05) is 20.1 Å². The highest BCUT2D eigenvalue weighted by Crippen LogP contribution is 2.24. The molecule has 90 valence electrons. The van der Waals surface area contributed by atoms with Gasteiger partial charge in [0.05, 0.1) is 6.54 Å². The van der Waals surface area contributed by atoms with Crippen molar-refractivity contribution in [3.8, 4) is 0 Å². The van der Waals surface area contributed by atoms with Crippen molar-refractivity contribution in [2.24, 2.45) is 0 Å². The van der Waals surface area contributed by atoms with Crippen LogP contribution in [0.25, 0.3) is 0 Å². The molecule has 1 aromatic heterocycles. The third-order valence-electron chi connectivity index (χ3n) is 2.24. The van der Waals surface area contributed by atoms with E-state index in [1.807, 2.05) is 6.07 Å². The number of nitrogens with zero attached hydrogens (tertiary/aromatic N) is 1. The van der Waals surface area contributed by atoms with E-state index in [0.717, 1.165) is 24.0 Å². The molecule has 16 heavy (non-hydrogen) atoms. The zero-order valence-electron chi connectivity index (χ0n) is 9.62. The van der Waals surface area contributed by atoms with Gasteiger partial charge in [0.1, 0.15) is 0 Å². The van der Waals surface area contributed by atoms with Crippen molar-refractivity contribution in [3.05, 3.63) is 20.8 Å². The molecule has 0 aliphatic rings. The van der Waals surface area contributed by atoms with Gasteiger partial charge in [0.25, 0.3) is 0 Å². The van der Waals surface area contributed by atoms with E-state index in [1.54, 1.807) is 18.4 Å². The Morgan fingerprint density at radius 1 is 1.62 bits per heavy atom. The van der Waals surface area contributed by atoms with Gasteiger partial charge >= 0.3 is 0 Å². The minimum Gasteiger partial charge on any atom is -0.358 e. The van der Waals surface area contributed by atoms with E-state index in [9.17, 15) is 4.79 Å². The first kappa shape index (κ1) is 13.7. The molecule has 0 atom stereocenters. The van der Waals surface area contributed by atoms with Crippen LogP contribution in [-0.4, -0.2) is 30.9 Å². The summed E-state index contributed by atoms with van der Waals surface area (Å²) < 4.78 is 1.13. The molecule has 1 rings (SSSR count). The minimum absolute atomic E-state index is 0.0705. The Labute approximate surface area is 109 Å². The number of hydrogen-bond donors (Lipinski definition) is 1. The number of nitrogens with one attached hydrogen (secondary N) is 1. The van der Waals surface area contributed by atoms with Gasteiger partial charge in [0.2, 0.25) is 5.91 Å². The monoisotopic (exact) mass is 304 g/mol. The molecule has 3 nitrogen and oxygen atoms in total. The summed E-state index contributed by atoms with van der Waals surface area (Å²) in [6, 6.07) is 2.05. The smallest absolute Gasteiger partial charge is 0.233 e. The van der Waals surface area contributed by atoms with Gasteiger partial charge in [-0.3, -0.25) is 9.69 Å². The van der Waals surface area contributed by atoms with E-state index in [2.05, 4.69) is 38.5 Å². The first-order valence-electron chi connectivity index (χ1n) is 5.32. The summed E-state index contributed by atoms with van der Waals surface area (Å²) in [5.74, 6) is 0.0705. The highest BCUT2D eigenvalue weighted by atomic mass is 79.9. The Kier molecular flexibility index (Phi) is 6.01. The largest absolute Gasteiger partial charge is 0.358 e. The van der Waals surface area contributed by atoms with Crippen LogP contribution in [0, 0.1) is 0 Å². The van der Waals surface area contributed by atoms with Crippen molar-refractivity contribution in [2.45, 2.75) is 19.9 Å². The fourth-order valence-corrected chi connectivity index (χ4v) is 2.97. The lowest BCUT2D eigenvalue weighted by Crippen LogP contribution is -2.35. The minimum atomic E-state index is 0.0705. The Balaban J connectivity index is 2.57. The second kappa shape index (κ2) is 7.04. The number of rotatable bonds is 6. The summed E-state index contributed by atoms with van der Waals surface area (Å²) in [4.78, 5) is 14.8. The molecule has 0 spiro atoms. The fourth-order valence-electron chi connectivity index (χ4n) is 1.45. The van der Waals surface area contributed by atoms with Crippen LogP contribution in [0.1, 0.15) is 18.2 Å². The van der Waals surface area contributed by atoms with Gasteiger partial charge in [-0.2, -0.15) is 0 Å². The van der Waals surface area contributed by atoms with Crippen molar-refractivity contribution >= 4 is 33.2 Å². The standard InChI is InChI=1S/C11H17BrN2OS/c1-3-5-14(8-11(15)13-2)7-10-9(12)4-6-16-10/h4,6H,3,5,7-8H2,1-2H3,(H,13,15). The highest BCUT2D eigenvalue weighted by molar-refractivity contribution is 9.10. The third-order valence-corrected chi connectivity index (χ3v) is 4.16. The van der Waals surface area contributed by atoms with Gasteiger partial charge in [0, 0.05) is 22.9 Å². The summed E-state index contributed by atoms with van der Waals surface area (Å²) in [7, 11) is 1.67. The third kappa shape index (κ3) is 4.23. The van der Waals surface area contributed by atoms with Gasteiger partial charge in [-0.05, 0) is 40.3 Å². The van der Waals surface area contributed by atoms with Crippen molar-refractivity contribution in [1.82, 2.24) is 10.2 Å². The van der Waals surface area contributed by atoms with Crippen molar-refractivity contribution in [3.63, 3.8) is 0 Å². The molecule has 0 aliphatic carbocycles.